The number of nitrogens with zero attached hydrogens (tertiary/aromatic N) is 1. The fourth-order valence-corrected chi connectivity index (χ4v) is 5.76. The van der Waals surface area contributed by atoms with Gasteiger partial charge >= 0.3 is 5.97 Å². The summed E-state index contributed by atoms with van der Waals surface area (Å²) in [7, 11) is 0. The lowest BCUT2D eigenvalue weighted by Gasteiger charge is -2.57. The molecule has 9 nitrogen and oxygen atoms in total. The second kappa shape index (κ2) is 11.1. The summed E-state index contributed by atoms with van der Waals surface area (Å²) in [6.45, 7) is 3.50. The van der Waals surface area contributed by atoms with Crippen molar-refractivity contribution >= 4 is 29.5 Å². The van der Waals surface area contributed by atoms with Crippen LogP contribution in [0.15, 0.2) is 60.7 Å². The second-order valence-electron chi connectivity index (χ2n) is 9.59. The number of aliphatic carboxylic acids is 1. The number of thioether (sulfide) groups is 1. The highest BCUT2D eigenvalue weighted by atomic mass is 32.2. The molecule has 2 aliphatic heterocycles. The molecule has 2 aliphatic rings. The van der Waals surface area contributed by atoms with Crippen LogP contribution in [0.2, 0.25) is 0 Å². The van der Waals surface area contributed by atoms with E-state index in [1.165, 1.54) is 16.7 Å². The van der Waals surface area contributed by atoms with Gasteiger partial charge in [-0.15, -0.1) is 11.8 Å². The van der Waals surface area contributed by atoms with Gasteiger partial charge in [0.05, 0.1) is 13.2 Å². The summed E-state index contributed by atoms with van der Waals surface area (Å²) in [5.74, 6) is -3.01. The van der Waals surface area contributed by atoms with Crippen LogP contribution in [0.4, 0.5) is 0 Å². The monoisotopic (exact) mass is 528 g/mol. The van der Waals surface area contributed by atoms with Crippen LogP contribution in [-0.2, 0) is 30.3 Å². The minimum Gasteiger partial charge on any atom is -0.484 e. The molecule has 37 heavy (non-hydrogen) atoms. The van der Waals surface area contributed by atoms with Crippen molar-refractivity contribution in [3.63, 3.8) is 0 Å². The van der Waals surface area contributed by atoms with Gasteiger partial charge in [0.1, 0.15) is 17.2 Å². The minimum atomic E-state index is -1.63. The van der Waals surface area contributed by atoms with Gasteiger partial charge in [0, 0.05) is 12.3 Å². The lowest BCUT2D eigenvalue weighted by molar-refractivity contribution is -0.277. The van der Waals surface area contributed by atoms with Crippen molar-refractivity contribution in [2.24, 2.45) is 5.92 Å². The van der Waals surface area contributed by atoms with E-state index in [0.29, 0.717) is 5.75 Å². The normalized spacial score (nSPS) is 23.0. The number of hydrogen-bond acceptors (Lipinski definition) is 7. The Kier molecular flexibility index (Phi) is 8.11. The number of β-lactam (4-membered cyclic amide) rings is 1. The van der Waals surface area contributed by atoms with Crippen molar-refractivity contribution in [3.8, 4) is 5.75 Å². The molecule has 2 saturated heterocycles. The van der Waals surface area contributed by atoms with Crippen LogP contribution in [0.1, 0.15) is 19.4 Å². The summed E-state index contributed by atoms with van der Waals surface area (Å²) in [4.78, 5) is 40.7. The number of benzene rings is 2. The van der Waals surface area contributed by atoms with Crippen molar-refractivity contribution < 1.29 is 33.7 Å². The van der Waals surface area contributed by atoms with Crippen molar-refractivity contribution in [1.82, 2.24) is 10.2 Å². The van der Waals surface area contributed by atoms with E-state index in [1.54, 1.807) is 44.4 Å². The molecule has 2 fully saturated rings. The topological polar surface area (TPSA) is 114 Å². The molecular formula is C27H32N2O7S. The summed E-state index contributed by atoms with van der Waals surface area (Å²) in [5, 5.41) is 12.8. The smallest absolute Gasteiger partial charge is 0.330 e. The van der Waals surface area contributed by atoms with Gasteiger partial charge in [0.25, 0.3) is 5.91 Å². The van der Waals surface area contributed by atoms with E-state index in [0.717, 1.165) is 5.56 Å². The maximum atomic E-state index is 13.6. The van der Waals surface area contributed by atoms with Crippen LogP contribution >= 0.6 is 11.8 Å². The van der Waals surface area contributed by atoms with E-state index in [-0.39, 0.29) is 26.2 Å². The summed E-state index contributed by atoms with van der Waals surface area (Å²) in [6, 6.07) is 17.2. The predicted octanol–water partition coefficient (Wildman–Crippen LogP) is 2.55. The molecule has 0 bridgehead atoms. The molecule has 3 atom stereocenters. The molecule has 4 rings (SSSR count). The highest BCUT2D eigenvalue weighted by Gasteiger charge is 2.64. The summed E-state index contributed by atoms with van der Waals surface area (Å²) in [6.07, 6.45) is 1.86. The van der Waals surface area contributed by atoms with Crippen LogP contribution in [0.25, 0.3) is 0 Å². The Labute approximate surface area is 220 Å². The number of likely N-dealkylation sites (tertiary alicyclic amines) is 1. The quantitative estimate of drug-likeness (QED) is 0.453. The number of carbonyl (C=O) groups excluding carboxylic acids is 2. The first-order valence-corrected chi connectivity index (χ1v) is 13.3. The Balaban J connectivity index is 1.57. The lowest BCUT2D eigenvalue weighted by atomic mass is 9.75. The maximum absolute atomic E-state index is 13.6. The summed E-state index contributed by atoms with van der Waals surface area (Å²) in [5.41, 5.74) is -0.865. The van der Waals surface area contributed by atoms with Gasteiger partial charge < -0.3 is 29.5 Å². The van der Waals surface area contributed by atoms with E-state index in [9.17, 15) is 19.5 Å². The van der Waals surface area contributed by atoms with Crippen LogP contribution in [0, 0.1) is 5.92 Å². The molecule has 198 valence electrons. The molecule has 2 aromatic rings. The Morgan fingerprint density at radius 3 is 2.27 bits per heavy atom. The fourth-order valence-electron chi connectivity index (χ4n) is 4.80. The molecule has 2 aromatic carbocycles. The third-order valence-electron chi connectivity index (χ3n) is 6.77. The Morgan fingerprint density at radius 2 is 1.70 bits per heavy atom. The summed E-state index contributed by atoms with van der Waals surface area (Å²) >= 11 is 1.31. The predicted molar refractivity (Wildman–Crippen MR) is 138 cm³/mol. The minimum absolute atomic E-state index is 0.0710. The Morgan fingerprint density at radius 1 is 1.11 bits per heavy atom. The molecule has 2 amide bonds. The van der Waals surface area contributed by atoms with Crippen LogP contribution in [0.3, 0.4) is 0 Å². The van der Waals surface area contributed by atoms with E-state index in [1.807, 2.05) is 36.4 Å². The number of carboxylic acids is 1. The first-order chi connectivity index (χ1) is 17.7. The number of carboxylic acid groups (broad SMARTS) is 1. The molecule has 2 N–H and O–H groups in total. The van der Waals surface area contributed by atoms with Gasteiger partial charge in [0.2, 0.25) is 5.91 Å². The average molecular weight is 529 g/mol. The van der Waals surface area contributed by atoms with Gasteiger partial charge in [-0.25, -0.2) is 4.79 Å². The second-order valence-corrected chi connectivity index (χ2v) is 10.5. The Hall–Kier alpha value is -3.08. The van der Waals surface area contributed by atoms with Crippen molar-refractivity contribution in [3.05, 3.63) is 66.2 Å². The largest absolute Gasteiger partial charge is 0.484 e. The molecule has 2 heterocycles. The van der Waals surface area contributed by atoms with Gasteiger partial charge in [-0.3, -0.25) is 9.59 Å². The Bertz CT molecular complexity index is 1100. The molecule has 0 spiro atoms. The first kappa shape index (κ1) is 27.0. The van der Waals surface area contributed by atoms with E-state index < -0.39 is 46.4 Å². The SMILES string of the molecule is CSC1C(NC(=O)COc2ccccc2)C(=O)N1C(Cc1ccccc1)(C(=O)O)C1COC(C)(C)OC1. The zero-order valence-electron chi connectivity index (χ0n) is 21.1. The summed E-state index contributed by atoms with van der Waals surface area (Å²) < 4.78 is 17.2. The third-order valence-corrected chi connectivity index (χ3v) is 7.74. The molecule has 0 saturated carbocycles. The molecule has 3 unspecified atom stereocenters. The fraction of sp³-hybridized carbons (Fsp3) is 0.444. The van der Waals surface area contributed by atoms with Crippen molar-refractivity contribution in [2.45, 2.75) is 43.0 Å². The van der Waals surface area contributed by atoms with E-state index in [2.05, 4.69) is 5.32 Å². The third kappa shape index (κ3) is 5.61. The van der Waals surface area contributed by atoms with Crippen molar-refractivity contribution in [2.75, 3.05) is 26.1 Å². The lowest BCUT2D eigenvalue weighted by Crippen LogP contribution is -2.80. The zero-order valence-corrected chi connectivity index (χ0v) is 21.9. The molecule has 0 aliphatic carbocycles. The van der Waals surface area contributed by atoms with Crippen molar-refractivity contribution in [1.29, 1.82) is 0 Å². The van der Waals surface area contributed by atoms with Gasteiger partial charge in [0.15, 0.2) is 17.9 Å². The standard InChI is InChI=1S/C27H32N2O7S/c1-26(2)35-15-19(16-36-26)27(25(32)33,14-18-10-6-4-7-11-18)29-23(31)22(24(29)37-3)28-21(30)17-34-20-12-8-5-9-13-20/h4-13,19,22,24H,14-17H2,1-3H3,(H,28,30)(H,32,33). The number of rotatable bonds is 10. The number of carbonyl (C=O) groups is 3. The number of amides is 2. The van der Waals surface area contributed by atoms with Gasteiger partial charge in [-0.05, 0) is 37.8 Å². The maximum Gasteiger partial charge on any atom is 0.330 e. The average Bonchev–Trinajstić information content (AvgIpc) is 2.89. The molecule has 0 aromatic heterocycles. The highest BCUT2D eigenvalue weighted by Crippen LogP contribution is 2.43. The first-order valence-electron chi connectivity index (χ1n) is 12.1. The number of ether oxygens (including phenoxy) is 3. The zero-order chi connectivity index (χ0) is 26.6. The highest BCUT2D eigenvalue weighted by molar-refractivity contribution is 7.99. The van der Waals surface area contributed by atoms with Gasteiger partial charge in [-0.1, -0.05) is 48.5 Å². The molecule has 10 heteroatoms. The molecular weight excluding hydrogens is 496 g/mol. The van der Waals surface area contributed by atoms with E-state index >= 15 is 0 Å². The van der Waals surface area contributed by atoms with Crippen LogP contribution < -0.4 is 10.1 Å². The number of para-hydroxylation sites is 1. The molecule has 0 radical (unpaired) electrons. The van der Waals surface area contributed by atoms with Gasteiger partial charge in [-0.2, -0.15) is 0 Å². The number of hydrogen-bond donors (Lipinski definition) is 2. The van der Waals surface area contributed by atoms with E-state index in [4.69, 9.17) is 14.2 Å². The van der Waals surface area contributed by atoms with Crippen LogP contribution in [-0.4, -0.2) is 76.6 Å². The number of nitrogens with one attached hydrogen (secondary N) is 1. The van der Waals surface area contributed by atoms with Crippen LogP contribution in [0.5, 0.6) is 5.75 Å².